The third kappa shape index (κ3) is 3.39. The van der Waals surface area contributed by atoms with Crippen LogP contribution in [0.15, 0.2) is 63.0 Å². The van der Waals surface area contributed by atoms with Crippen LogP contribution in [0.5, 0.6) is 0 Å². The van der Waals surface area contributed by atoms with Gasteiger partial charge < -0.3 is 4.90 Å². The van der Waals surface area contributed by atoms with E-state index in [0.717, 1.165) is 22.8 Å². The predicted octanol–water partition coefficient (Wildman–Crippen LogP) is 3.83. The van der Waals surface area contributed by atoms with Gasteiger partial charge in [0, 0.05) is 14.1 Å². The molecule has 0 aromatic heterocycles. The van der Waals surface area contributed by atoms with E-state index in [1.165, 1.54) is 5.57 Å². The summed E-state index contributed by atoms with van der Waals surface area (Å²) >= 11 is 0. The van der Waals surface area contributed by atoms with Crippen molar-refractivity contribution in [3.05, 3.63) is 48.1 Å². The van der Waals surface area contributed by atoms with E-state index in [-0.39, 0.29) is 6.17 Å². The zero-order valence-electron chi connectivity index (χ0n) is 13.6. The lowest BCUT2D eigenvalue weighted by Crippen LogP contribution is -2.29. The molecule has 0 fully saturated rings. The SMILES string of the molecule is C=Nc1ccccc1N(C)C(C)/N=C1/C=CC(C)=C/C1=N/C. The molecule has 0 spiro atoms. The number of anilines is 1. The van der Waals surface area contributed by atoms with Crippen molar-refractivity contribution in [2.45, 2.75) is 20.0 Å². The molecule has 4 nitrogen and oxygen atoms in total. The van der Waals surface area contributed by atoms with Crippen molar-refractivity contribution in [1.29, 1.82) is 0 Å². The Bertz CT molecular complexity index is 680. The van der Waals surface area contributed by atoms with Gasteiger partial charge in [-0.15, -0.1) is 0 Å². The molecule has 114 valence electrons. The maximum Gasteiger partial charge on any atom is 0.118 e. The Hall–Kier alpha value is -2.49. The maximum atomic E-state index is 4.79. The molecule has 0 amide bonds. The standard InChI is InChI=1S/C18H22N4/c1-13-10-11-15(17(12-13)20-4)21-14(2)22(5)18-9-7-6-8-16(18)19-3/h6-12,14H,3H2,1-2,4-5H3/b20-17-,21-15-. The second-order valence-corrected chi connectivity index (χ2v) is 5.23. The fraction of sp³-hybridized carbons (Fsp3) is 0.278. The first-order valence-corrected chi connectivity index (χ1v) is 7.26. The van der Waals surface area contributed by atoms with Crippen molar-refractivity contribution in [1.82, 2.24) is 0 Å². The van der Waals surface area contributed by atoms with Crippen LogP contribution in [-0.4, -0.2) is 38.4 Å². The van der Waals surface area contributed by atoms with Crippen LogP contribution in [0.4, 0.5) is 11.4 Å². The average molecular weight is 294 g/mol. The van der Waals surface area contributed by atoms with Gasteiger partial charge in [-0.1, -0.05) is 18.2 Å². The zero-order chi connectivity index (χ0) is 16.1. The first-order chi connectivity index (χ1) is 10.6. The quantitative estimate of drug-likeness (QED) is 0.614. The first-order valence-electron chi connectivity index (χ1n) is 7.26. The Morgan fingerprint density at radius 2 is 1.86 bits per heavy atom. The molecule has 0 radical (unpaired) electrons. The van der Waals surface area contributed by atoms with E-state index in [2.05, 4.69) is 41.5 Å². The summed E-state index contributed by atoms with van der Waals surface area (Å²) in [6, 6.07) is 7.92. The second-order valence-electron chi connectivity index (χ2n) is 5.23. The van der Waals surface area contributed by atoms with E-state index < -0.39 is 0 Å². The Labute approximate surface area is 132 Å². The minimum Gasteiger partial charge on any atom is -0.351 e. The Balaban J connectivity index is 2.28. The lowest BCUT2D eigenvalue weighted by molar-refractivity contribution is 0.725. The number of hydrogen-bond donors (Lipinski definition) is 0. The number of aliphatic imine (C=N–C) groups is 3. The number of benzene rings is 1. The Morgan fingerprint density at radius 3 is 2.55 bits per heavy atom. The lowest BCUT2D eigenvalue weighted by Gasteiger charge is -2.26. The Morgan fingerprint density at radius 1 is 1.14 bits per heavy atom. The molecule has 0 saturated heterocycles. The number of para-hydroxylation sites is 2. The molecule has 1 unspecified atom stereocenters. The topological polar surface area (TPSA) is 40.3 Å². The molecule has 1 aromatic rings. The molecule has 0 N–H and O–H groups in total. The van der Waals surface area contributed by atoms with Crippen LogP contribution in [-0.2, 0) is 0 Å². The van der Waals surface area contributed by atoms with Gasteiger partial charge in [0.15, 0.2) is 0 Å². The molecule has 1 aromatic carbocycles. The highest BCUT2D eigenvalue weighted by molar-refractivity contribution is 6.51. The van der Waals surface area contributed by atoms with Gasteiger partial charge in [0.25, 0.3) is 0 Å². The van der Waals surface area contributed by atoms with E-state index >= 15 is 0 Å². The molecular weight excluding hydrogens is 272 g/mol. The number of nitrogens with zero attached hydrogens (tertiary/aromatic N) is 4. The maximum absolute atomic E-state index is 4.79. The molecule has 4 heteroatoms. The second kappa shape index (κ2) is 6.98. The summed E-state index contributed by atoms with van der Waals surface area (Å²) < 4.78 is 0. The number of allylic oxidation sites excluding steroid dienone is 4. The minimum absolute atomic E-state index is 0.0360. The zero-order valence-corrected chi connectivity index (χ0v) is 13.6. The van der Waals surface area contributed by atoms with Gasteiger partial charge in [0.1, 0.15) is 6.17 Å². The third-order valence-corrected chi connectivity index (χ3v) is 3.69. The molecule has 1 atom stereocenters. The minimum atomic E-state index is -0.0360. The molecule has 1 aliphatic rings. The van der Waals surface area contributed by atoms with E-state index in [9.17, 15) is 0 Å². The van der Waals surface area contributed by atoms with Crippen molar-refractivity contribution in [2.75, 3.05) is 19.0 Å². The largest absolute Gasteiger partial charge is 0.351 e. The lowest BCUT2D eigenvalue weighted by atomic mass is 10.0. The van der Waals surface area contributed by atoms with Gasteiger partial charge in [0.05, 0.1) is 22.8 Å². The summed E-state index contributed by atoms with van der Waals surface area (Å²) in [5.41, 5.74) is 4.86. The van der Waals surface area contributed by atoms with Crippen LogP contribution in [0, 0.1) is 0 Å². The molecule has 2 rings (SSSR count). The summed E-state index contributed by atoms with van der Waals surface area (Å²) in [6.07, 6.45) is 6.08. The summed E-state index contributed by atoms with van der Waals surface area (Å²) in [5.74, 6) is 0. The summed E-state index contributed by atoms with van der Waals surface area (Å²) in [4.78, 5) is 15.3. The van der Waals surface area contributed by atoms with Crippen LogP contribution < -0.4 is 4.90 Å². The molecule has 22 heavy (non-hydrogen) atoms. The van der Waals surface area contributed by atoms with E-state index in [1.54, 1.807) is 7.05 Å². The third-order valence-electron chi connectivity index (χ3n) is 3.69. The first kappa shape index (κ1) is 15.9. The monoisotopic (exact) mass is 294 g/mol. The van der Waals surface area contributed by atoms with Crippen LogP contribution >= 0.6 is 0 Å². The highest BCUT2D eigenvalue weighted by Gasteiger charge is 2.14. The summed E-state index contributed by atoms with van der Waals surface area (Å²) in [7, 11) is 3.80. The van der Waals surface area contributed by atoms with Gasteiger partial charge >= 0.3 is 0 Å². The smallest absolute Gasteiger partial charge is 0.118 e. The number of hydrogen-bond acceptors (Lipinski definition) is 4. The fourth-order valence-electron chi connectivity index (χ4n) is 2.31. The summed E-state index contributed by atoms with van der Waals surface area (Å²) in [6.45, 7) is 7.74. The van der Waals surface area contributed by atoms with Crippen LogP contribution in [0.25, 0.3) is 0 Å². The summed E-state index contributed by atoms with van der Waals surface area (Å²) in [5, 5.41) is 0. The normalized spacial score (nSPS) is 19.2. The van der Waals surface area contributed by atoms with Crippen LogP contribution in [0.1, 0.15) is 13.8 Å². The molecular formula is C18H22N4. The number of rotatable bonds is 4. The Kier molecular flexibility index (Phi) is 5.04. The average Bonchev–Trinajstić information content (AvgIpc) is 2.55. The van der Waals surface area contributed by atoms with Gasteiger partial charge in [-0.2, -0.15) is 0 Å². The van der Waals surface area contributed by atoms with Gasteiger partial charge in [-0.25, -0.2) is 0 Å². The molecule has 0 heterocycles. The van der Waals surface area contributed by atoms with Crippen molar-refractivity contribution >= 4 is 29.5 Å². The van der Waals surface area contributed by atoms with E-state index in [1.807, 2.05) is 43.5 Å². The predicted molar refractivity (Wildman–Crippen MR) is 97.2 cm³/mol. The molecule has 0 saturated carbocycles. The van der Waals surface area contributed by atoms with Crippen molar-refractivity contribution in [3.8, 4) is 0 Å². The van der Waals surface area contributed by atoms with Crippen LogP contribution in [0.2, 0.25) is 0 Å². The molecule has 0 aliphatic heterocycles. The van der Waals surface area contributed by atoms with Gasteiger partial charge in [-0.3, -0.25) is 15.0 Å². The van der Waals surface area contributed by atoms with Gasteiger partial charge in [0.2, 0.25) is 0 Å². The van der Waals surface area contributed by atoms with Gasteiger partial charge in [-0.05, 0) is 50.4 Å². The van der Waals surface area contributed by atoms with E-state index in [0.29, 0.717) is 0 Å². The highest BCUT2D eigenvalue weighted by atomic mass is 15.2. The molecule has 0 bridgehead atoms. The van der Waals surface area contributed by atoms with Crippen molar-refractivity contribution in [3.63, 3.8) is 0 Å². The van der Waals surface area contributed by atoms with Crippen molar-refractivity contribution in [2.24, 2.45) is 15.0 Å². The molecule has 1 aliphatic carbocycles. The fourth-order valence-corrected chi connectivity index (χ4v) is 2.31. The van der Waals surface area contributed by atoms with E-state index in [4.69, 9.17) is 4.99 Å². The van der Waals surface area contributed by atoms with Crippen molar-refractivity contribution < 1.29 is 0 Å². The highest BCUT2D eigenvalue weighted by Crippen LogP contribution is 2.28. The van der Waals surface area contributed by atoms with Crippen LogP contribution in [0.3, 0.4) is 0 Å².